The molecule has 0 bridgehead atoms. The number of hydrogen-bond donors (Lipinski definition) is 2. The summed E-state index contributed by atoms with van der Waals surface area (Å²) in [7, 11) is 0. The minimum absolute atomic E-state index is 0.00360. The highest BCUT2D eigenvalue weighted by atomic mass is 32.1. The van der Waals surface area contributed by atoms with Gasteiger partial charge in [0.05, 0.1) is 28.0 Å². The van der Waals surface area contributed by atoms with Crippen LogP contribution in [0.4, 0.5) is 5.95 Å². The Kier molecular flexibility index (Phi) is 4.91. The molecular weight excluding hydrogens is 376 g/mol. The van der Waals surface area contributed by atoms with Gasteiger partial charge in [-0.05, 0) is 30.5 Å². The van der Waals surface area contributed by atoms with E-state index in [9.17, 15) is 9.59 Å². The topological polar surface area (TPSA) is 100 Å². The van der Waals surface area contributed by atoms with Gasteiger partial charge in [0, 0.05) is 26.2 Å². The summed E-state index contributed by atoms with van der Waals surface area (Å²) in [5.74, 6) is 0.158. The number of pyridine rings is 1. The number of rotatable bonds is 5. The second-order valence-corrected chi connectivity index (χ2v) is 7.68. The Balaban J connectivity index is 1.56. The van der Waals surface area contributed by atoms with E-state index < -0.39 is 0 Å². The zero-order valence-corrected chi connectivity index (χ0v) is 16.4. The van der Waals surface area contributed by atoms with Gasteiger partial charge in [0.2, 0.25) is 11.9 Å². The number of amides is 2. The molecule has 8 nitrogen and oxygen atoms in total. The van der Waals surface area contributed by atoms with Crippen molar-refractivity contribution in [1.29, 1.82) is 0 Å². The molecule has 0 aliphatic carbocycles. The predicted octanol–water partition coefficient (Wildman–Crippen LogP) is 2.22. The van der Waals surface area contributed by atoms with Crippen LogP contribution in [0.2, 0.25) is 0 Å². The van der Waals surface area contributed by atoms with Gasteiger partial charge in [-0.3, -0.25) is 14.6 Å². The molecule has 1 saturated heterocycles. The third kappa shape index (κ3) is 3.65. The molecule has 0 spiro atoms. The van der Waals surface area contributed by atoms with E-state index in [1.54, 1.807) is 11.1 Å². The Hall–Kier alpha value is -3.07. The van der Waals surface area contributed by atoms with Crippen molar-refractivity contribution < 1.29 is 9.59 Å². The van der Waals surface area contributed by atoms with Crippen molar-refractivity contribution in [3.63, 3.8) is 0 Å². The van der Waals surface area contributed by atoms with Crippen molar-refractivity contribution in [2.75, 3.05) is 18.4 Å². The summed E-state index contributed by atoms with van der Waals surface area (Å²) < 4.78 is 0.768. The van der Waals surface area contributed by atoms with E-state index in [0.717, 1.165) is 15.9 Å². The molecule has 0 aromatic carbocycles. The first kappa shape index (κ1) is 18.3. The van der Waals surface area contributed by atoms with E-state index in [1.807, 2.05) is 36.6 Å². The molecule has 2 N–H and O–H groups in total. The average Bonchev–Trinajstić information content (AvgIpc) is 3.12. The van der Waals surface area contributed by atoms with Crippen LogP contribution in [0, 0.1) is 0 Å². The van der Waals surface area contributed by atoms with E-state index in [4.69, 9.17) is 0 Å². The molecular formula is C19H20N6O2S. The number of nitrogens with one attached hydrogen (secondary N) is 2. The van der Waals surface area contributed by atoms with Crippen molar-refractivity contribution in [3.8, 4) is 0 Å². The van der Waals surface area contributed by atoms with Gasteiger partial charge >= 0.3 is 0 Å². The van der Waals surface area contributed by atoms with Crippen LogP contribution in [0.1, 0.15) is 36.1 Å². The monoisotopic (exact) mass is 396 g/mol. The fourth-order valence-corrected chi connectivity index (χ4v) is 3.96. The molecule has 1 aliphatic rings. The molecule has 9 heteroatoms. The van der Waals surface area contributed by atoms with Gasteiger partial charge < -0.3 is 15.5 Å². The quantitative estimate of drug-likeness (QED) is 0.686. The molecule has 2 amide bonds. The lowest BCUT2D eigenvalue weighted by Gasteiger charge is -2.39. The molecule has 1 atom stereocenters. The van der Waals surface area contributed by atoms with Gasteiger partial charge in [-0.25, -0.2) is 9.97 Å². The summed E-state index contributed by atoms with van der Waals surface area (Å²) in [6.07, 6.45) is 1.74. The largest absolute Gasteiger partial charge is 0.350 e. The fourth-order valence-electron chi connectivity index (χ4n) is 3.15. The lowest BCUT2D eigenvalue weighted by molar-refractivity contribution is -0.120. The highest BCUT2D eigenvalue weighted by Gasteiger charge is 2.33. The number of hydrogen-bond acceptors (Lipinski definition) is 7. The Labute approximate surface area is 166 Å². The van der Waals surface area contributed by atoms with Gasteiger partial charge in [0.1, 0.15) is 0 Å². The average molecular weight is 396 g/mol. The molecule has 4 rings (SSSR count). The first-order valence-corrected chi connectivity index (χ1v) is 9.88. The van der Waals surface area contributed by atoms with Crippen LogP contribution in [0.25, 0.3) is 10.2 Å². The lowest BCUT2D eigenvalue weighted by atomic mass is 10.1. The molecule has 4 heterocycles. The van der Waals surface area contributed by atoms with Crippen molar-refractivity contribution in [1.82, 2.24) is 25.2 Å². The van der Waals surface area contributed by atoms with Crippen LogP contribution < -0.4 is 10.6 Å². The van der Waals surface area contributed by atoms with Gasteiger partial charge in [-0.2, -0.15) is 0 Å². The number of carbonyl (C=O) groups is 2. The molecule has 1 fully saturated rings. The van der Waals surface area contributed by atoms with Crippen molar-refractivity contribution in [2.24, 2.45) is 0 Å². The number of likely N-dealkylation sites (tertiary alicyclic amines) is 1. The summed E-state index contributed by atoms with van der Waals surface area (Å²) >= 11 is 1.45. The van der Waals surface area contributed by atoms with Gasteiger partial charge in [-0.15, -0.1) is 11.3 Å². The SMILES string of the molecule is CC(=O)NC1CN(C(=O)c2nc(NC(C)c3ccccn3)nc3ccsc23)C1. The minimum atomic E-state index is -0.148. The van der Waals surface area contributed by atoms with Crippen molar-refractivity contribution in [2.45, 2.75) is 25.9 Å². The maximum Gasteiger partial charge on any atom is 0.274 e. The number of nitrogens with zero attached hydrogens (tertiary/aromatic N) is 4. The maximum absolute atomic E-state index is 13.0. The van der Waals surface area contributed by atoms with Crippen molar-refractivity contribution >= 4 is 39.3 Å². The van der Waals surface area contributed by atoms with E-state index >= 15 is 0 Å². The third-order valence-corrected chi connectivity index (χ3v) is 5.47. The van der Waals surface area contributed by atoms with E-state index in [2.05, 4.69) is 25.6 Å². The second kappa shape index (κ2) is 7.51. The maximum atomic E-state index is 13.0. The van der Waals surface area contributed by atoms with Crippen LogP contribution in [-0.2, 0) is 4.79 Å². The fraction of sp³-hybridized carbons (Fsp3) is 0.316. The van der Waals surface area contributed by atoms with Gasteiger partial charge in [0.25, 0.3) is 5.91 Å². The molecule has 1 unspecified atom stereocenters. The minimum Gasteiger partial charge on any atom is -0.350 e. The molecule has 0 saturated carbocycles. The molecule has 0 radical (unpaired) electrons. The Bertz CT molecular complexity index is 1020. The van der Waals surface area contributed by atoms with E-state index in [-0.39, 0.29) is 23.9 Å². The molecule has 3 aromatic rings. The summed E-state index contributed by atoms with van der Waals surface area (Å²) in [5, 5.41) is 7.96. The van der Waals surface area contributed by atoms with Crippen LogP contribution in [-0.4, -0.2) is 50.8 Å². The second-order valence-electron chi connectivity index (χ2n) is 6.76. The van der Waals surface area contributed by atoms with Crippen LogP contribution in [0.5, 0.6) is 0 Å². The number of carbonyl (C=O) groups excluding carboxylic acids is 2. The Morgan fingerprint density at radius 2 is 2.07 bits per heavy atom. The van der Waals surface area contributed by atoms with Crippen molar-refractivity contribution in [3.05, 3.63) is 47.2 Å². The zero-order valence-electron chi connectivity index (χ0n) is 15.5. The summed E-state index contributed by atoms with van der Waals surface area (Å²) in [5.41, 5.74) is 1.99. The van der Waals surface area contributed by atoms with Crippen LogP contribution in [0.3, 0.4) is 0 Å². The summed E-state index contributed by atoms with van der Waals surface area (Å²) in [6.45, 7) is 4.42. The Morgan fingerprint density at radius 3 is 2.79 bits per heavy atom. The predicted molar refractivity (Wildman–Crippen MR) is 107 cm³/mol. The van der Waals surface area contributed by atoms with E-state index in [1.165, 1.54) is 18.3 Å². The summed E-state index contributed by atoms with van der Waals surface area (Å²) in [6, 6.07) is 7.49. The number of thiophene rings is 1. The van der Waals surface area contributed by atoms with Crippen LogP contribution in [0.15, 0.2) is 35.8 Å². The standard InChI is InChI=1S/C19H20N6O2S/c1-11(14-5-3-4-7-20-14)21-19-23-15-6-8-28-17(15)16(24-19)18(27)25-9-13(10-25)22-12(2)26/h3-8,11,13H,9-10H2,1-2H3,(H,22,26)(H,21,23,24). The third-order valence-electron chi connectivity index (χ3n) is 4.56. The normalized spacial score (nSPS) is 15.1. The number of aromatic nitrogens is 3. The number of fused-ring (bicyclic) bond motifs is 1. The van der Waals surface area contributed by atoms with Crippen LogP contribution >= 0.6 is 11.3 Å². The zero-order chi connectivity index (χ0) is 19.7. The van der Waals surface area contributed by atoms with Gasteiger partial charge in [-0.1, -0.05) is 6.07 Å². The molecule has 3 aromatic heterocycles. The lowest BCUT2D eigenvalue weighted by Crippen LogP contribution is -2.60. The highest BCUT2D eigenvalue weighted by molar-refractivity contribution is 7.17. The van der Waals surface area contributed by atoms with Gasteiger partial charge in [0.15, 0.2) is 5.69 Å². The smallest absolute Gasteiger partial charge is 0.274 e. The molecule has 1 aliphatic heterocycles. The number of anilines is 1. The first-order chi connectivity index (χ1) is 13.5. The first-order valence-electron chi connectivity index (χ1n) is 9.00. The summed E-state index contributed by atoms with van der Waals surface area (Å²) in [4.78, 5) is 39.2. The van der Waals surface area contributed by atoms with E-state index in [0.29, 0.717) is 24.7 Å². The molecule has 28 heavy (non-hydrogen) atoms. The Morgan fingerprint density at radius 1 is 1.25 bits per heavy atom. The molecule has 144 valence electrons. The highest BCUT2D eigenvalue weighted by Crippen LogP contribution is 2.27.